The lowest BCUT2D eigenvalue weighted by Gasteiger charge is -2.26. The van der Waals surface area contributed by atoms with Crippen molar-refractivity contribution in [3.63, 3.8) is 0 Å². The third-order valence-corrected chi connectivity index (χ3v) is 11.8. The minimum Gasteiger partial charge on any atom is -0.311 e. The van der Waals surface area contributed by atoms with Gasteiger partial charge in [0.05, 0.1) is 0 Å². The highest BCUT2D eigenvalue weighted by Crippen LogP contribution is 2.51. The van der Waals surface area contributed by atoms with Gasteiger partial charge in [-0.3, -0.25) is 0 Å². The third-order valence-electron chi connectivity index (χ3n) is 11.8. The summed E-state index contributed by atoms with van der Waals surface area (Å²) in [4.78, 5) is 2.35. The zero-order chi connectivity index (χ0) is 36.6. The van der Waals surface area contributed by atoms with Gasteiger partial charge in [-0.1, -0.05) is 146 Å². The van der Waals surface area contributed by atoms with E-state index in [0.717, 1.165) is 17.1 Å². The average molecular weight is 692 g/mol. The van der Waals surface area contributed by atoms with Gasteiger partial charge in [-0.05, 0) is 145 Å². The second-order valence-electron chi connectivity index (χ2n) is 15.5. The molecule has 0 spiro atoms. The number of anilines is 3. The Labute approximate surface area is 317 Å². The van der Waals surface area contributed by atoms with E-state index in [1.54, 1.807) is 0 Å². The van der Waals surface area contributed by atoms with Crippen molar-refractivity contribution in [2.75, 3.05) is 4.90 Å². The van der Waals surface area contributed by atoms with E-state index in [4.69, 9.17) is 0 Å². The fraction of sp³-hybridized carbons (Fsp3) is 0.0943. The lowest BCUT2D eigenvalue weighted by Crippen LogP contribution is -2.14. The van der Waals surface area contributed by atoms with Gasteiger partial charge in [0, 0.05) is 22.5 Å². The molecular weight excluding hydrogens is 651 g/mol. The molecule has 258 valence electrons. The van der Waals surface area contributed by atoms with Gasteiger partial charge in [0.1, 0.15) is 0 Å². The van der Waals surface area contributed by atoms with Crippen molar-refractivity contribution in [2.24, 2.45) is 0 Å². The Hall–Kier alpha value is -6.44. The molecule has 1 aliphatic rings. The van der Waals surface area contributed by atoms with Crippen LogP contribution in [0, 0.1) is 13.8 Å². The number of benzene rings is 9. The maximum Gasteiger partial charge on any atom is 0.0462 e. The lowest BCUT2D eigenvalue weighted by molar-refractivity contribution is 0.660. The number of hydrogen-bond acceptors (Lipinski definition) is 1. The fourth-order valence-corrected chi connectivity index (χ4v) is 8.96. The molecular formula is C53H41N. The Morgan fingerprint density at radius 3 is 1.39 bits per heavy atom. The Balaban J connectivity index is 1.20. The van der Waals surface area contributed by atoms with E-state index in [2.05, 4.69) is 209 Å². The summed E-state index contributed by atoms with van der Waals surface area (Å²) < 4.78 is 0. The molecule has 1 aliphatic carbocycles. The summed E-state index contributed by atoms with van der Waals surface area (Å²) in [6, 6.07) is 65.6. The van der Waals surface area contributed by atoms with Crippen LogP contribution in [0.2, 0.25) is 0 Å². The summed E-state index contributed by atoms with van der Waals surface area (Å²) >= 11 is 0. The summed E-state index contributed by atoms with van der Waals surface area (Å²) in [6.45, 7) is 9.03. The molecule has 0 aliphatic heterocycles. The minimum atomic E-state index is -0.0764. The van der Waals surface area contributed by atoms with Gasteiger partial charge >= 0.3 is 0 Å². The molecule has 0 heterocycles. The minimum absolute atomic E-state index is 0.0764. The lowest BCUT2D eigenvalue weighted by atomic mass is 9.80. The maximum absolute atomic E-state index is 2.48. The molecule has 0 N–H and O–H groups in total. The van der Waals surface area contributed by atoms with Crippen molar-refractivity contribution in [1.82, 2.24) is 0 Å². The zero-order valence-electron chi connectivity index (χ0n) is 31.2. The summed E-state index contributed by atoms with van der Waals surface area (Å²) in [7, 11) is 0. The van der Waals surface area contributed by atoms with E-state index < -0.39 is 0 Å². The van der Waals surface area contributed by atoms with Gasteiger partial charge in [0.15, 0.2) is 0 Å². The molecule has 9 aromatic carbocycles. The predicted octanol–water partition coefficient (Wildman–Crippen LogP) is 14.9. The van der Waals surface area contributed by atoms with Gasteiger partial charge in [0.25, 0.3) is 0 Å². The van der Waals surface area contributed by atoms with Crippen LogP contribution in [-0.2, 0) is 5.41 Å². The van der Waals surface area contributed by atoms with E-state index >= 15 is 0 Å². The topological polar surface area (TPSA) is 3.24 Å². The Kier molecular flexibility index (Phi) is 7.35. The van der Waals surface area contributed by atoms with Crippen LogP contribution in [0.1, 0.15) is 36.1 Å². The second-order valence-corrected chi connectivity index (χ2v) is 15.5. The van der Waals surface area contributed by atoms with Crippen LogP contribution >= 0.6 is 0 Å². The van der Waals surface area contributed by atoms with E-state index in [0.29, 0.717) is 0 Å². The largest absolute Gasteiger partial charge is 0.311 e. The van der Waals surface area contributed by atoms with Crippen LogP contribution in [0.5, 0.6) is 0 Å². The van der Waals surface area contributed by atoms with Gasteiger partial charge in [-0.2, -0.15) is 0 Å². The van der Waals surface area contributed by atoms with E-state index in [-0.39, 0.29) is 5.41 Å². The van der Waals surface area contributed by atoms with Crippen LogP contribution < -0.4 is 4.90 Å². The quantitative estimate of drug-likeness (QED) is 0.162. The molecule has 0 aromatic heterocycles. The highest BCUT2D eigenvalue weighted by atomic mass is 15.1. The van der Waals surface area contributed by atoms with E-state index in [1.165, 1.54) is 88.0 Å². The molecule has 0 saturated heterocycles. The molecule has 9 aromatic rings. The van der Waals surface area contributed by atoms with Crippen LogP contribution in [0.25, 0.3) is 65.7 Å². The van der Waals surface area contributed by atoms with Crippen LogP contribution in [-0.4, -0.2) is 0 Å². The summed E-state index contributed by atoms with van der Waals surface area (Å²) in [6.07, 6.45) is 0. The molecule has 0 saturated carbocycles. The monoisotopic (exact) mass is 691 g/mol. The van der Waals surface area contributed by atoms with Crippen molar-refractivity contribution < 1.29 is 0 Å². The van der Waals surface area contributed by atoms with Gasteiger partial charge in [0.2, 0.25) is 0 Å². The average Bonchev–Trinajstić information content (AvgIpc) is 3.43. The summed E-state index contributed by atoms with van der Waals surface area (Å²) in [5.41, 5.74) is 16.4. The Bertz CT molecular complexity index is 2850. The number of fused-ring (bicyclic) bond motifs is 6. The molecule has 1 heteroatoms. The first-order chi connectivity index (χ1) is 26.3. The summed E-state index contributed by atoms with van der Waals surface area (Å²) in [5.74, 6) is 0. The number of hydrogen-bond donors (Lipinski definition) is 0. The number of nitrogens with zero attached hydrogens (tertiary/aromatic N) is 1. The first-order valence-corrected chi connectivity index (χ1v) is 19.0. The second kappa shape index (κ2) is 12.3. The first-order valence-electron chi connectivity index (χ1n) is 19.0. The Morgan fingerprint density at radius 1 is 0.370 bits per heavy atom. The summed E-state index contributed by atoms with van der Waals surface area (Å²) in [5, 5.41) is 7.59. The SMILES string of the molecule is Cc1ccc(N(c2ccc(C)cc2)c2ccc(-c3c4ccccc4c(-c4ccc5c(c4)C(C)(C)c4ccccc4-5)c4cc5ccccc5cc34)cc2)cc1. The highest BCUT2D eigenvalue weighted by Gasteiger charge is 2.35. The van der Waals surface area contributed by atoms with Gasteiger partial charge in [-0.15, -0.1) is 0 Å². The molecule has 0 atom stereocenters. The van der Waals surface area contributed by atoms with Crippen LogP contribution in [0.4, 0.5) is 17.1 Å². The fourth-order valence-electron chi connectivity index (χ4n) is 8.96. The first kappa shape index (κ1) is 32.2. The zero-order valence-corrected chi connectivity index (χ0v) is 31.2. The van der Waals surface area contributed by atoms with Gasteiger partial charge in [-0.25, -0.2) is 0 Å². The van der Waals surface area contributed by atoms with Crippen molar-refractivity contribution >= 4 is 49.4 Å². The molecule has 0 bridgehead atoms. The molecule has 0 unspecified atom stereocenters. The van der Waals surface area contributed by atoms with Crippen LogP contribution in [0.15, 0.2) is 176 Å². The molecule has 0 radical (unpaired) electrons. The number of rotatable bonds is 5. The van der Waals surface area contributed by atoms with Crippen molar-refractivity contribution in [1.29, 1.82) is 0 Å². The van der Waals surface area contributed by atoms with E-state index in [1.807, 2.05) is 0 Å². The smallest absolute Gasteiger partial charge is 0.0462 e. The Morgan fingerprint density at radius 2 is 0.815 bits per heavy atom. The third kappa shape index (κ3) is 5.07. The molecule has 1 nitrogen and oxygen atoms in total. The van der Waals surface area contributed by atoms with Crippen molar-refractivity contribution in [3.8, 4) is 33.4 Å². The van der Waals surface area contributed by atoms with Gasteiger partial charge < -0.3 is 4.90 Å². The standard InChI is InChI=1S/C53H41N/c1-34-17-24-40(25-18-34)54(41-26-19-35(2)20-27-41)42-28-21-36(22-29-42)51-45-14-7-8-15-46(45)52(48-32-38-12-6-5-11-37(38)31-47(48)51)39-23-30-44-43-13-9-10-16-49(43)53(3,4)50(44)33-39/h5-33H,1-4H3. The number of aryl methyl sites for hydroxylation is 2. The molecule has 0 amide bonds. The van der Waals surface area contributed by atoms with E-state index in [9.17, 15) is 0 Å². The molecule has 0 fully saturated rings. The van der Waals surface area contributed by atoms with Crippen molar-refractivity contribution in [3.05, 3.63) is 198 Å². The highest BCUT2D eigenvalue weighted by molar-refractivity contribution is 6.23. The van der Waals surface area contributed by atoms with Crippen molar-refractivity contribution in [2.45, 2.75) is 33.1 Å². The maximum atomic E-state index is 2.48. The van der Waals surface area contributed by atoms with Crippen LogP contribution in [0.3, 0.4) is 0 Å². The normalized spacial score (nSPS) is 13.0. The predicted molar refractivity (Wildman–Crippen MR) is 232 cm³/mol. The molecule has 10 rings (SSSR count). The molecule has 54 heavy (non-hydrogen) atoms.